The van der Waals surface area contributed by atoms with Gasteiger partial charge in [0.2, 0.25) is 0 Å². The Hall–Kier alpha value is -1.16. The molecule has 1 aromatic carbocycles. The van der Waals surface area contributed by atoms with Gasteiger partial charge in [-0.25, -0.2) is 8.78 Å². The molecule has 0 bridgehead atoms. The number of halogens is 2. The van der Waals surface area contributed by atoms with Crippen molar-refractivity contribution in [1.82, 2.24) is 0 Å². The maximum absolute atomic E-state index is 13.8. The van der Waals surface area contributed by atoms with E-state index in [4.69, 9.17) is 10.5 Å². The highest BCUT2D eigenvalue weighted by molar-refractivity contribution is 5.40. The third kappa shape index (κ3) is 1.59. The van der Waals surface area contributed by atoms with Crippen LogP contribution >= 0.6 is 0 Å². The Balaban J connectivity index is 2.51. The minimum absolute atomic E-state index is 0.0512. The van der Waals surface area contributed by atoms with Crippen molar-refractivity contribution in [2.24, 2.45) is 5.73 Å². The smallest absolute Gasteiger partial charge is 0.169 e. The Morgan fingerprint density at radius 2 is 2.07 bits per heavy atom. The molecule has 1 aromatic rings. The number of hydrogen-bond acceptors (Lipinski definition) is 2. The second kappa shape index (κ2) is 3.45. The molecule has 0 heterocycles. The average Bonchev–Trinajstić information content (AvgIpc) is 3.01. The van der Waals surface area contributed by atoms with Crippen molar-refractivity contribution in [2.75, 3.05) is 13.7 Å². The Kier molecular flexibility index (Phi) is 2.38. The Morgan fingerprint density at radius 3 is 2.53 bits per heavy atom. The van der Waals surface area contributed by atoms with Gasteiger partial charge >= 0.3 is 0 Å². The van der Waals surface area contributed by atoms with E-state index in [2.05, 4.69) is 0 Å². The summed E-state index contributed by atoms with van der Waals surface area (Å²) in [7, 11) is 1.32. The quantitative estimate of drug-likeness (QED) is 0.833. The van der Waals surface area contributed by atoms with Gasteiger partial charge < -0.3 is 10.5 Å². The number of nitrogens with two attached hydrogens (primary N) is 1. The van der Waals surface area contributed by atoms with Crippen molar-refractivity contribution in [3.05, 3.63) is 29.3 Å². The predicted octanol–water partition coefficient (Wildman–Crippen LogP) is 1.96. The molecule has 0 amide bonds. The molecule has 0 saturated heterocycles. The van der Waals surface area contributed by atoms with Crippen LogP contribution in [0.15, 0.2) is 12.1 Å². The maximum atomic E-state index is 13.8. The molecule has 1 saturated carbocycles. The van der Waals surface area contributed by atoms with Crippen LogP contribution in [0.5, 0.6) is 5.75 Å². The first kappa shape index (κ1) is 10.4. The second-order valence-corrected chi connectivity index (χ2v) is 3.95. The molecule has 1 aliphatic rings. The molecule has 0 aromatic heterocycles. The summed E-state index contributed by atoms with van der Waals surface area (Å²) in [5, 5.41) is 0. The lowest BCUT2D eigenvalue weighted by atomic mass is 9.95. The lowest BCUT2D eigenvalue weighted by Gasteiger charge is -2.15. The van der Waals surface area contributed by atoms with Crippen molar-refractivity contribution in [3.63, 3.8) is 0 Å². The first-order valence-corrected chi connectivity index (χ1v) is 4.86. The molecule has 0 aliphatic heterocycles. The highest BCUT2D eigenvalue weighted by Gasteiger charge is 2.45. The highest BCUT2D eigenvalue weighted by atomic mass is 19.1. The lowest BCUT2D eigenvalue weighted by molar-refractivity contribution is 0.377. The van der Waals surface area contributed by atoms with Crippen LogP contribution in [-0.4, -0.2) is 13.7 Å². The molecule has 1 aliphatic carbocycles. The number of rotatable bonds is 3. The summed E-state index contributed by atoms with van der Waals surface area (Å²) in [6.45, 7) is 0.344. The van der Waals surface area contributed by atoms with Gasteiger partial charge in [-0.05, 0) is 18.9 Å². The fraction of sp³-hybridized carbons (Fsp3) is 0.455. The first-order valence-electron chi connectivity index (χ1n) is 4.86. The second-order valence-electron chi connectivity index (χ2n) is 3.95. The zero-order chi connectivity index (χ0) is 11.1. The maximum Gasteiger partial charge on any atom is 0.169 e. The van der Waals surface area contributed by atoms with Gasteiger partial charge in [0, 0.05) is 23.6 Å². The summed E-state index contributed by atoms with van der Waals surface area (Å²) in [4.78, 5) is 0. The largest absolute Gasteiger partial charge is 0.494 e. The van der Waals surface area contributed by atoms with Crippen LogP contribution < -0.4 is 10.5 Å². The molecular formula is C11H13F2NO. The van der Waals surface area contributed by atoms with Crippen molar-refractivity contribution in [3.8, 4) is 5.75 Å². The van der Waals surface area contributed by atoms with Crippen LogP contribution in [0.2, 0.25) is 0 Å². The number of hydrogen-bond donors (Lipinski definition) is 1. The summed E-state index contributed by atoms with van der Waals surface area (Å²) in [5.41, 5.74) is 5.57. The van der Waals surface area contributed by atoms with Crippen LogP contribution in [0.25, 0.3) is 0 Å². The van der Waals surface area contributed by atoms with Gasteiger partial charge in [0.1, 0.15) is 5.82 Å². The SMILES string of the molecule is COc1cc(F)cc(C2(CN)CC2)c1F. The zero-order valence-corrected chi connectivity index (χ0v) is 8.52. The predicted molar refractivity (Wildman–Crippen MR) is 52.9 cm³/mol. The van der Waals surface area contributed by atoms with Gasteiger partial charge in [-0.3, -0.25) is 0 Å². The Bertz CT molecular complexity index is 388. The van der Waals surface area contributed by atoms with E-state index in [0.717, 1.165) is 18.9 Å². The molecule has 0 radical (unpaired) electrons. The Labute approximate surface area is 87.0 Å². The summed E-state index contributed by atoms with van der Waals surface area (Å²) < 4.78 is 31.8. The van der Waals surface area contributed by atoms with E-state index in [1.807, 2.05) is 0 Å². The van der Waals surface area contributed by atoms with Crippen LogP contribution in [0.4, 0.5) is 8.78 Å². The van der Waals surface area contributed by atoms with Gasteiger partial charge in [-0.15, -0.1) is 0 Å². The molecule has 2 nitrogen and oxygen atoms in total. The summed E-state index contributed by atoms with van der Waals surface area (Å²) in [6, 6.07) is 2.27. The third-order valence-electron chi connectivity index (χ3n) is 3.04. The van der Waals surface area contributed by atoms with E-state index < -0.39 is 11.6 Å². The molecule has 0 unspecified atom stereocenters. The fourth-order valence-electron chi connectivity index (χ4n) is 1.83. The van der Waals surface area contributed by atoms with E-state index in [-0.39, 0.29) is 11.2 Å². The molecule has 15 heavy (non-hydrogen) atoms. The summed E-state index contributed by atoms with van der Waals surface area (Å²) in [5.74, 6) is -1.02. The topological polar surface area (TPSA) is 35.2 Å². The van der Waals surface area contributed by atoms with E-state index in [1.165, 1.54) is 13.2 Å². The number of ether oxygens (including phenoxy) is 1. The fourth-order valence-corrected chi connectivity index (χ4v) is 1.83. The minimum atomic E-state index is -0.484. The summed E-state index contributed by atoms with van der Waals surface area (Å²) >= 11 is 0. The van der Waals surface area contributed by atoms with Crippen LogP contribution in [0.3, 0.4) is 0 Å². The van der Waals surface area contributed by atoms with Gasteiger partial charge in [-0.1, -0.05) is 0 Å². The lowest BCUT2D eigenvalue weighted by Crippen LogP contribution is -2.21. The molecule has 0 atom stereocenters. The molecule has 4 heteroatoms. The van der Waals surface area contributed by atoms with E-state index in [0.29, 0.717) is 12.1 Å². The van der Waals surface area contributed by atoms with E-state index in [1.54, 1.807) is 0 Å². The molecule has 1 fully saturated rings. The molecule has 2 N–H and O–H groups in total. The Morgan fingerprint density at radius 1 is 1.40 bits per heavy atom. The number of methoxy groups -OCH3 is 1. The first-order chi connectivity index (χ1) is 7.13. The van der Waals surface area contributed by atoms with Gasteiger partial charge in [0.15, 0.2) is 11.6 Å². The normalized spacial score (nSPS) is 17.6. The number of benzene rings is 1. The highest BCUT2D eigenvalue weighted by Crippen LogP contribution is 2.49. The molecule has 2 rings (SSSR count). The van der Waals surface area contributed by atoms with Crippen LogP contribution in [0.1, 0.15) is 18.4 Å². The summed E-state index contributed by atoms with van der Waals surface area (Å²) in [6.07, 6.45) is 1.63. The van der Waals surface area contributed by atoms with Crippen molar-refractivity contribution in [2.45, 2.75) is 18.3 Å². The van der Waals surface area contributed by atoms with Gasteiger partial charge in [-0.2, -0.15) is 0 Å². The van der Waals surface area contributed by atoms with Crippen molar-refractivity contribution < 1.29 is 13.5 Å². The van der Waals surface area contributed by atoms with Crippen LogP contribution in [0, 0.1) is 11.6 Å². The third-order valence-corrected chi connectivity index (χ3v) is 3.04. The van der Waals surface area contributed by atoms with Gasteiger partial charge in [0.05, 0.1) is 7.11 Å². The van der Waals surface area contributed by atoms with Crippen molar-refractivity contribution in [1.29, 1.82) is 0 Å². The molecule has 0 spiro atoms. The van der Waals surface area contributed by atoms with Crippen molar-refractivity contribution >= 4 is 0 Å². The van der Waals surface area contributed by atoms with E-state index >= 15 is 0 Å². The average molecular weight is 213 g/mol. The minimum Gasteiger partial charge on any atom is -0.494 e. The van der Waals surface area contributed by atoms with Crippen LogP contribution in [-0.2, 0) is 5.41 Å². The zero-order valence-electron chi connectivity index (χ0n) is 8.52. The standard InChI is InChI=1S/C11H13F2NO/c1-15-9-5-7(12)4-8(10(9)13)11(6-14)2-3-11/h4-5H,2-3,6,14H2,1H3. The monoisotopic (exact) mass is 213 g/mol. The molecule has 82 valence electrons. The molecular weight excluding hydrogens is 200 g/mol. The van der Waals surface area contributed by atoms with E-state index in [9.17, 15) is 8.78 Å². The van der Waals surface area contributed by atoms with Gasteiger partial charge in [0.25, 0.3) is 0 Å².